The summed E-state index contributed by atoms with van der Waals surface area (Å²) >= 11 is 1.56. The Morgan fingerprint density at radius 3 is 2.75 bits per heavy atom. The van der Waals surface area contributed by atoms with Crippen molar-refractivity contribution in [2.45, 2.75) is 56.2 Å². The zero-order chi connectivity index (χ0) is 24.7. The van der Waals surface area contributed by atoms with Gasteiger partial charge < -0.3 is 14.8 Å². The summed E-state index contributed by atoms with van der Waals surface area (Å²) in [5, 5.41) is 14.1. The smallest absolute Gasteiger partial charge is 0.261 e. The van der Waals surface area contributed by atoms with E-state index < -0.39 is 5.82 Å². The molecule has 7 nitrogen and oxygen atoms in total. The molecule has 2 heterocycles. The predicted molar refractivity (Wildman–Crippen MR) is 139 cm³/mol. The zero-order valence-corrected chi connectivity index (χ0v) is 20.7. The highest BCUT2D eigenvalue weighted by Gasteiger charge is 2.45. The fourth-order valence-electron chi connectivity index (χ4n) is 5.55. The zero-order valence-electron chi connectivity index (χ0n) is 19.9. The van der Waals surface area contributed by atoms with Gasteiger partial charge in [-0.15, -0.1) is 0 Å². The Hall–Kier alpha value is -3.09. The van der Waals surface area contributed by atoms with Gasteiger partial charge in [0.25, 0.3) is 5.56 Å². The third-order valence-electron chi connectivity index (χ3n) is 7.98. The summed E-state index contributed by atoms with van der Waals surface area (Å²) in [6.45, 7) is 2.07. The number of anilines is 1. The van der Waals surface area contributed by atoms with Crippen LogP contribution in [-0.4, -0.2) is 27.9 Å². The van der Waals surface area contributed by atoms with E-state index in [0.29, 0.717) is 33.0 Å². The Kier molecular flexibility index (Phi) is 6.10. The van der Waals surface area contributed by atoms with Crippen LogP contribution in [0.15, 0.2) is 41.5 Å². The summed E-state index contributed by atoms with van der Waals surface area (Å²) in [6.07, 6.45) is 9.40. The van der Waals surface area contributed by atoms with Gasteiger partial charge in [-0.25, -0.2) is 9.37 Å². The number of benzene rings is 2. The van der Waals surface area contributed by atoms with Gasteiger partial charge in [-0.2, -0.15) is 5.26 Å². The minimum absolute atomic E-state index is 0.104. The third-order valence-corrected chi connectivity index (χ3v) is 9.12. The van der Waals surface area contributed by atoms with E-state index >= 15 is 0 Å². The lowest BCUT2D eigenvalue weighted by Gasteiger charge is -2.50. The van der Waals surface area contributed by atoms with E-state index in [1.807, 2.05) is 0 Å². The van der Waals surface area contributed by atoms with Crippen LogP contribution in [0.4, 0.5) is 10.1 Å². The van der Waals surface area contributed by atoms with Crippen molar-refractivity contribution in [2.75, 3.05) is 17.8 Å². The monoisotopic (exact) mass is 505 g/mol. The summed E-state index contributed by atoms with van der Waals surface area (Å²) in [5.74, 6) is -0.481. The second kappa shape index (κ2) is 9.41. The molecule has 186 valence electrons. The van der Waals surface area contributed by atoms with E-state index in [-0.39, 0.29) is 22.9 Å². The molecule has 3 aliphatic rings. The van der Waals surface area contributed by atoms with Crippen LogP contribution in [0.2, 0.25) is 0 Å². The highest BCUT2D eigenvalue weighted by atomic mass is 32.2. The van der Waals surface area contributed by atoms with Crippen LogP contribution >= 0.6 is 11.9 Å². The molecule has 2 aromatic carbocycles. The fraction of sp³-hybridized carbons (Fsp3) is 0.444. The molecule has 1 saturated heterocycles. The predicted octanol–water partition coefficient (Wildman–Crippen LogP) is 5.52. The summed E-state index contributed by atoms with van der Waals surface area (Å²) in [6, 6.07) is 10.0. The SMILES string of the molecule is N#Cc1c(NSC2CCC2)ccc(F)c1Oc1ccc2ncn(C3CC4(CCNCC4)C3)c(=O)c2c1. The van der Waals surface area contributed by atoms with E-state index in [0.717, 1.165) is 51.6 Å². The van der Waals surface area contributed by atoms with Crippen molar-refractivity contribution in [1.82, 2.24) is 14.9 Å². The maximum atomic E-state index is 14.8. The van der Waals surface area contributed by atoms with Gasteiger partial charge in [-0.3, -0.25) is 9.36 Å². The number of aromatic nitrogens is 2. The van der Waals surface area contributed by atoms with Gasteiger partial charge in [0.05, 0.1) is 22.9 Å². The number of ether oxygens (including phenoxy) is 1. The van der Waals surface area contributed by atoms with Crippen LogP contribution in [0.25, 0.3) is 10.9 Å². The summed E-state index contributed by atoms with van der Waals surface area (Å²) < 4.78 is 25.6. The molecule has 2 saturated carbocycles. The maximum absolute atomic E-state index is 14.8. The minimum atomic E-state index is -0.629. The largest absolute Gasteiger partial charge is 0.453 e. The highest BCUT2D eigenvalue weighted by molar-refractivity contribution is 8.01. The topological polar surface area (TPSA) is 92.0 Å². The number of hydrogen-bond acceptors (Lipinski definition) is 7. The highest BCUT2D eigenvalue weighted by Crippen LogP contribution is 2.53. The Balaban J connectivity index is 1.27. The number of hydrogen-bond donors (Lipinski definition) is 2. The number of rotatable bonds is 6. The Bertz CT molecular complexity index is 1400. The summed E-state index contributed by atoms with van der Waals surface area (Å²) in [7, 11) is 0. The van der Waals surface area contributed by atoms with Gasteiger partial charge in [0.1, 0.15) is 17.4 Å². The average Bonchev–Trinajstić information content (AvgIpc) is 2.84. The molecule has 3 aromatic rings. The normalized spacial score (nSPS) is 19.4. The fourth-order valence-corrected chi connectivity index (χ4v) is 6.58. The van der Waals surface area contributed by atoms with Crippen molar-refractivity contribution in [3.63, 3.8) is 0 Å². The van der Waals surface area contributed by atoms with E-state index in [1.54, 1.807) is 47.1 Å². The Morgan fingerprint density at radius 2 is 2.03 bits per heavy atom. The summed E-state index contributed by atoms with van der Waals surface area (Å²) in [4.78, 5) is 17.9. The van der Waals surface area contributed by atoms with Gasteiger partial charge in [-0.1, -0.05) is 6.42 Å². The molecule has 1 aromatic heterocycles. The molecule has 36 heavy (non-hydrogen) atoms. The molecule has 3 fully saturated rings. The van der Waals surface area contributed by atoms with Crippen LogP contribution in [0.3, 0.4) is 0 Å². The van der Waals surface area contributed by atoms with Gasteiger partial charge >= 0.3 is 0 Å². The molecule has 0 amide bonds. The van der Waals surface area contributed by atoms with Crippen molar-refractivity contribution in [3.05, 3.63) is 58.4 Å². The average molecular weight is 506 g/mol. The number of nitriles is 1. The molecule has 0 radical (unpaired) electrons. The first-order valence-electron chi connectivity index (χ1n) is 12.6. The molecule has 0 atom stereocenters. The van der Waals surface area contributed by atoms with Crippen LogP contribution in [-0.2, 0) is 0 Å². The van der Waals surface area contributed by atoms with Gasteiger partial charge in [-0.05, 0) is 99.3 Å². The molecule has 9 heteroatoms. The lowest BCUT2D eigenvalue weighted by Crippen LogP contribution is -2.47. The standard InChI is InChI=1S/C27H28FN5O2S/c28-22-5-7-24(32-36-19-2-1-3-19)21(15-29)25(22)35-18-4-6-23-20(12-18)26(34)33(16-31-23)17-13-27(14-17)8-10-30-11-9-27/h4-7,12,16-17,19,30,32H,1-3,8-11,13-14H2. The summed E-state index contributed by atoms with van der Waals surface area (Å²) in [5.41, 5.74) is 1.41. The van der Waals surface area contributed by atoms with Crippen molar-refractivity contribution in [2.24, 2.45) is 5.41 Å². The molecule has 6 rings (SSSR count). The van der Waals surface area contributed by atoms with E-state index in [1.165, 1.54) is 12.5 Å². The first-order valence-corrected chi connectivity index (χ1v) is 13.5. The van der Waals surface area contributed by atoms with Crippen LogP contribution < -0.4 is 20.3 Å². The Morgan fingerprint density at radius 1 is 1.22 bits per heavy atom. The van der Waals surface area contributed by atoms with Crippen molar-refractivity contribution < 1.29 is 9.13 Å². The molecule has 0 unspecified atom stereocenters. The maximum Gasteiger partial charge on any atom is 0.261 e. The second-order valence-electron chi connectivity index (χ2n) is 10.2. The number of nitrogens with zero attached hydrogens (tertiary/aromatic N) is 3. The second-order valence-corrected chi connectivity index (χ2v) is 11.3. The van der Waals surface area contributed by atoms with E-state index in [4.69, 9.17) is 4.74 Å². The Labute approximate surface area is 213 Å². The van der Waals surface area contributed by atoms with E-state index in [2.05, 4.69) is 21.1 Å². The van der Waals surface area contributed by atoms with Crippen LogP contribution in [0.5, 0.6) is 11.5 Å². The van der Waals surface area contributed by atoms with Gasteiger partial charge in [0.2, 0.25) is 0 Å². The number of halogens is 1. The molecular weight excluding hydrogens is 477 g/mol. The van der Waals surface area contributed by atoms with Crippen LogP contribution in [0, 0.1) is 22.6 Å². The molecule has 1 spiro atoms. The number of fused-ring (bicyclic) bond motifs is 1. The first-order chi connectivity index (χ1) is 17.5. The quantitative estimate of drug-likeness (QED) is 0.426. The minimum Gasteiger partial charge on any atom is -0.453 e. The molecule has 2 N–H and O–H groups in total. The van der Waals surface area contributed by atoms with Crippen molar-refractivity contribution >= 4 is 28.5 Å². The third kappa shape index (κ3) is 4.22. The van der Waals surface area contributed by atoms with Crippen LogP contribution in [0.1, 0.15) is 56.6 Å². The first kappa shape index (κ1) is 23.3. The molecule has 1 aliphatic heterocycles. The van der Waals surface area contributed by atoms with Crippen molar-refractivity contribution in [3.8, 4) is 17.6 Å². The lowest BCUT2D eigenvalue weighted by atomic mass is 9.60. The molecule has 2 aliphatic carbocycles. The number of nitrogens with one attached hydrogen (secondary N) is 2. The van der Waals surface area contributed by atoms with Gasteiger partial charge in [0.15, 0.2) is 11.6 Å². The lowest BCUT2D eigenvalue weighted by molar-refractivity contribution is 0.0270. The van der Waals surface area contributed by atoms with Gasteiger partial charge in [0, 0.05) is 11.3 Å². The number of piperidine rings is 1. The van der Waals surface area contributed by atoms with E-state index in [9.17, 15) is 14.4 Å². The van der Waals surface area contributed by atoms with Crippen molar-refractivity contribution in [1.29, 1.82) is 5.26 Å². The molecular formula is C27H28FN5O2S. The molecule has 0 bridgehead atoms.